The Morgan fingerprint density at radius 1 is 1.22 bits per heavy atom. The topological polar surface area (TPSA) is 59.0 Å². The van der Waals surface area contributed by atoms with Crippen molar-refractivity contribution in [1.29, 1.82) is 0 Å². The second-order valence-corrected chi connectivity index (χ2v) is 8.12. The molecule has 1 unspecified atom stereocenters. The first-order valence-corrected chi connectivity index (χ1v) is 10.0. The van der Waals surface area contributed by atoms with E-state index in [1.807, 2.05) is 55.6 Å². The molecule has 4 rings (SSSR count). The Balaban J connectivity index is 1.77. The van der Waals surface area contributed by atoms with E-state index in [2.05, 4.69) is 9.97 Å². The van der Waals surface area contributed by atoms with Crippen molar-refractivity contribution in [2.75, 3.05) is 6.54 Å². The van der Waals surface area contributed by atoms with E-state index in [-0.39, 0.29) is 11.9 Å². The summed E-state index contributed by atoms with van der Waals surface area (Å²) in [5, 5.41) is 1.95. The van der Waals surface area contributed by atoms with Gasteiger partial charge in [0.1, 0.15) is 5.82 Å². The molecule has 0 spiro atoms. The Morgan fingerprint density at radius 2 is 2.07 bits per heavy atom. The van der Waals surface area contributed by atoms with Gasteiger partial charge >= 0.3 is 0 Å². The number of amides is 1. The third kappa shape index (κ3) is 3.37. The highest BCUT2D eigenvalue weighted by molar-refractivity contribution is 7.10. The molecule has 0 saturated carbocycles. The van der Waals surface area contributed by atoms with E-state index in [9.17, 15) is 4.79 Å². The Bertz CT molecular complexity index is 997. The fourth-order valence-corrected chi connectivity index (χ4v) is 4.42. The Labute approximate surface area is 163 Å². The first-order valence-electron chi connectivity index (χ1n) is 9.15. The van der Waals surface area contributed by atoms with Crippen LogP contribution in [0.25, 0.3) is 11.1 Å². The van der Waals surface area contributed by atoms with Crippen LogP contribution in [0.4, 0.5) is 0 Å². The van der Waals surface area contributed by atoms with Gasteiger partial charge in [0.25, 0.3) is 5.91 Å². The number of carbonyl (C=O) groups is 1. The molecule has 0 bridgehead atoms. The van der Waals surface area contributed by atoms with E-state index in [4.69, 9.17) is 4.98 Å². The SMILES string of the molecule is Cc1ncc(-c2ccncc2C)c(C2CCCN2C(=O)c2csc(C)c2)n1. The molecule has 0 radical (unpaired) electrons. The molecule has 3 aromatic heterocycles. The van der Waals surface area contributed by atoms with Crippen LogP contribution in [-0.2, 0) is 0 Å². The van der Waals surface area contributed by atoms with Crippen molar-refractivity contribution in [3.63, 3.8) is 0 Å². The third-order valence-electron chi connectivity index (χ3n) is 5.06. The van der Waals surface area contributed by atoms with E-state index in [1.54, 1.807) is 17.5 Å². The molecule has 1 amide bonds. The number of hydrogen-bond acceptors (Lipinski definition) is 5. The zero-order valence-corrected chi connectivity index (χ0v) is 16.6. The van der Waals surface area contributed by atoms with Crippen molar-refractivity contribution in [2.24, 2.45) is 0 Å². The summed E-state index contributed by atoms with van der Waals surface area (Å²) in [4.78, 5) is 29.7. The lowest BCUT2D eigenvalue weighted by Crippen LogP contribution is -2.31. The van der Waals surface area contributed by atoms with Crippen molar-refractivity contribution >= 4 is 17.2 Å². The van der Waals surface area contributed by atoms with Crippen LogP contribution >= 0.6 is 11.3 Å². The van der Waals surface area contributed by atoms with Gasteiger partial charge in [0.15, 0.2) is 0 Å². The molecule has 27 heavy (non-hydrogen) atoms. The molecule has 0 aliphatic carbocycles. The minimum atomic E-state index is -0.0260. The summed E-state index contributed by atoms with van der Waals surface area (Å²) in [6.07, 6.45) is 7.43. The summed E-state index contributed by atoms with van der Waals surface area (Å²) in [6.45, 7) is 6.73. The molecule has 1 fully saturated rings. The van der Waals surface area contributed by atoms with Gasteiger partial charge < -0.3 is 4.90 Å². The van der Waals surface area contributed by atoms with Crippen molar-refractivity contribution in [3.05, 3.63) is 63.6 Å². The minimum absolute atomic E-state index is 0.0260. The molecule has 6 heteroatoms. The monoisotopic (exact) mass is 378 g/mol. The average molecular weight is 379 g/mol. The van der Waals surface area contributed by atoms with E-state index in [1.165, 1.54) is 0 Å². The maximum Gasteiger partial charge on any atom is 0.255 e. The standard InChI is InChI=1S/C21H22N4OS/c1-13-10-22-7-6-17(13)18-11-23-15(3)24-20(18)19-5-4-8-25(19)21(26)16-9-14(2)27-12-16/h6-7,9-12,19H,4-5,8H2,1-3H3. The molecular weight excluding hydrogens is 356 g/mol. The summed E-state index contributed by atoms with van der Waals surface area (Å²) < 4.78 is 0. The van der Waals surface area contributed by atoms with Gasteiger partial charge in [0.05, 0.1) is 17.3 Å². The first kappa shape index (κ1) is 17.8. The summed E-state index contributed by atoms with van der Waals surface area (Å²) in [5.74, 6) is 0.821. The average Bonchev–Trinajstić information content (AvgIpc) is 3.31. The number of aromatic nitrogens is 3. The molecule has 3 aromatic rings. The molecule has 0 N–H and O–H groups in total. The fourth-order valence-electron chi connectivity index (χ4n) is 3.74. The maximum absolute atomic E-state index is 13.1. The van der Waals surface area contributed by atoms with E-state index >= 15 is 0 Å². The number of aryl methyl sites for hydroxylation is 3. The van der Waals surface area contributed by atoms with Crippen molar-refractivity contribution in [3.8, 4) is 11.1 Å². The van der Waals surface area contributed by atoms with Crippen LogP contribution in [0, 0.1) is 20.8 Å². The Hall–Kier alpha value is -2.60. The number of carbonyl (C=O) groups excluding carboxylic acids is 1. The minimum Gasteiger partial charge on any atom is -0.330 e. The van der Waals surface area contributed by atoms with E-state index in [0.29, 0.717) is 0 Å². The lowest BCUT2D eigenvalue weighted by Gasteiger charge is -2.26. The lowest BCUT2D eigenvalue weighted by molar-refractivity contribution is 0.0733. The van der Waals surface area contributed by atoms with Crippen LogP contribution in [0.3, 0.4) is 0 Å². The molecule has 1 aliphatic rings. The highest BCUT2D eigenvalue weighted by atomic mass is 32.1. The van der Waals surface area contributed by atoms with Gasteiger partial charge in [-0.2, -0.15) is 0 Å². The molecule has 1 atom stereocenters. The quantitative estimate of drug-likeness (QED) is 0.673. The molecule has 138 valence electrons. The summed E-state index contributed by atoms with van der Waals surface area (Å²) in [6, 6.07) is 3.94. The number of nitrogens with zero attached hydrogens (tertiary/aromatic N) is 4. The predicted molar refractivity (Wildman–Crippen MR) is 107 cm³/mol. The van der Waals surface area contributed by atoms with Crippen LogP contribution in [-0.4, -0.2) is 32.3 Å². The zero-order valence-electron chi connectivity index (χ0n) is 15.8. The van der Waals surface area contributed by atoms with Gasteiger partial charge in [0.2, 0.25) is 0 Å². The third-order valence-corrected chi connectivity index (χ3v) is 5.92. The second kappa shape index (κ2) is 7.19. The van der Waals surface area contributed by atoms with E-state index < -0.39 is 0 Å². The summed E-state index contributed by atoms with van der Waals surface area (Å²) in [7, 11) is 0. The summed E-state index contributed by atoms with van der Waals surface area (Å²) >= 11 is 1.61. The number of hydrogen-bond donors (Lipinski definition) is 0. The van der Waals surface area contributed by atoms with Gasteiger partial charge in [-0.1, -0.05) is 0 Å². The predicted octanol–water partition coefficient (Wildman–Crippen LogP) is 4.50. The number of thiophene rings is 1. The van der Waals surface area contributed by atoms with Crippen LogP contribution in [0.15, 0.2) is 36.1 Å². The molecule has 5 nitrogen and oxygen atoms in total. The van der Waals surface area contributed by atoms with Gasteiger partial charge in [-0.15, -0.1) is 11.3 Å². The van der Waals surface area contributed by atoms with Gasteiger partial charge in [0, 0.05) is 41.0 Å². The molecule has 0 aromatic carbocycles. The van der Waals surface area contributed by atoms with Crippen LogP contribution in [0.1, 0.15) is 51.2 Å². The molecule has 1 saturated heterocycles. The number of likely N-dealkylation sites (tertiary alicyclic amines) is 1. The van der Waals surface area contributed by atoms with Crippen molar-refractivity contribution in [2.45, 2.75) is 39.7 Å². The molecular formula is C21H22N4OS. The normalized spacial score (nSPS) is 16.7. The van der Waals surface area contributed by atoms with Crippen LogP contribution < -0.4 is 0 Å². The number of pyridine rings is 1. The van der Waals surface area contributed by atoms with Crippen LogP contribution in [0.2, 0.25) is 0 Å². The summed E-state index contributed by atoms with van der Waals surface area (Å²) in [5.41, 5.74) is 4.86. The highest BCUT2D eigenvalue weighted by Crippen LogP contribution is 2.38. The van der Waals surface area contributed by atoms with Crippen LogP contribution in [0.5, 0.6) is 0 Å². The second-order valence-electron chi connectivity index (χ2n) is 7.01. The molecule has 4 heterocycles. The van der Waals surface area contributed by atoms with Crippen molar-refractivity contribution in [1.82, 2.24) is 19.9 Å². The van der Waals surface area contributed by atoms with Gasteiger partial charge in [-0.05, 0) is 56.9 Å². The maximum atomic E-state index is 13.1. The highest BCUT2D eigenvalue weighted by Gasteiger charge is 2.34. The van der Waals surface area contributed by atoms with Gasteiger partial charge in [-0.3, -0.25) is 9.78 Å². The van der Waals surface area contributed by atoms with E-state index in [0.717, 1.165) is 58.0 Å². The smallest absolute Gasteiger partial charge is 0.255 e. The Kier molecular flexibility index (Phi) is 4.74. The van der Waals surface area contributed by atoms with Gasteiger partial charge in [-0.25, -0.2) is 9.97 Å². The van der Waals surface area contributed by atoms with Crippen molar-refractivity contribution < 1.29 is 4.79 Å². The number of rotatable bonds is 3. The first-order chi connectivity index (χ1) is 13.0. The zero-order chi connectivity index (χ0) is 19.0. The largest absolute Gasteiger partial charge is 0.330 e. The Morgan fingerprint density at radius 3 is 2.81 bits per heavy atom. The fraction of sp³-hybridized carbons (Fsp3) is 0.333. The molecule has 1 aliphatic heterocycles. The lowest BCUT2D eigenvalue weighted by atomic mass is 9.97.